The minimum absolute atomic E-state index is 0.0419. The third kappa shape index (κ3) is 4.09. The summed E-state index contributed by atoms with van der Waals surface area (Å²) < 4.78 is 6.04. The molecule has 2 aromatic carbocycles. The maximum Gasteiger partial charge on any atom is 0.295 e. The molecule has 0 saturated carbocycles. The van der Waals surface area contributed by atoms with Crippen LogP contribution in [0.4, 0.5) is 0 Å². The molecule has 6 nitrogen and oxygen atoms in total. The highest BCUT2D eigenvalue weighted by atomic mass is 79.9. The SMILES string of the molecule is COc1cccc(/C(O)=C2\C(=O)C(=O)N(Cc3cccnc3)[C@H]2c2cccc(Br)c2)c1. The molecule has 1 saturated heterocycles. The van der Waals surface area contributed by atoms with Crippen molar-refractivity contribution < 1.29 is 19.4 Å². The summed E-state index contributed by atoms with van der Waals surface area (Å²) in [6.45, 7) is 0.185. The summed E-state index contributed by atoms with van der Waals surface area (Å²) in [5.74, 6) is -1.10. The zero-order valence-corrected chi connectivity index (χ0v) is 18.2. The lowest BCUT2D eigenvalue weighted by molar-refractivity contribution is -0.140. The Morgan fingerprint density at radius 1 is 1.13 bits per heavy atom. The Labute approximate surface area is 187 Å². The van der Waals surface area contributed by atoms with E-state index in [1.807, 2.05) is 30.3 Å². The third-order valence-corrected chi connectivity index (χ3v) is 5.62. The number of aliphatic hydroxyl groups excluding tert-OH is 1. The maximum atomic E-state index is 13.1. The molecule has 0 bridgehead atoms. The van der Waals surface area contributed by atoms with Crippen LogP contribution in [0.3, 0.4) is 0 Å². The molecule has 0 radical (unpaired) electrons. The van der Waals surface area contributed by atoms with Crippen molar-refractivity contribution in [3.8, 4) is 5.75 Å². The molecule has 1 fully saturated rings. The van der Waals surface area contributed by atoms with Gasteiger partial charge in [0, 0.05) is 29.0 Å². The molecule has 0 spiro atoms. The maximum absolute atomic E-state index is 13.1. The highest BCUT2D eigenvalue weighted by molar-refractivity contribution is 9.10. The van der Waals surface area contributed by atoms with Crippen molar-refractivity contribution in [1.82, 2.24) is 9.88 Å². The van der Waals surface area contributed by atoms with E-state index in [2.05, 4.69) is 20.9 Å². The van der Waals surface area contributed by atoms with E-state index < -0.39 is 17.7 Å². The normalized spacial score (nSPS) is 17.7. The van der Waals surface area contributed by atoms with Gasteiger partial charge in [0.15, 0.2) is 0 Å². The third-order valence-electron chi connectivity index (χ3n) is 5.12. The van der Waals surface area contributed by atoms with Gasteiger partial charge in [0.1, 0.15) is 11.5 Å². The zero-order valence-electron chi connectivity index (χ0n) is 16.7. The van der Waals surface area contributed by atoms with Crippen LogP contribution in [0.1, 0.15) is 22.7 Å². The summed E-state index contributed by atoms with van der Waals surface area (Å²) in [7, 11) is 1.52. The summed E-state index contributed by atoms with van der Waals surface area (Å²) in [6.07, 6.45) is 3.30. The number of pyridine rings is 1. The highest BCUT2D eigenvalue weighted by Gasteiger charge is 2.46. The van der Waals surface area contributed by atoms with Crippen LogP contribution >= 0.6 is 15.9 Å². The van der Waals surface area contributed by atoms with Crippen molar-refractivity contribution >= 4 is 33.4 Å². The van der Waals surface area contributed by atoms with Gasteiger partial charge in [-0.1, -0.05) is 46.3 Å². The minimum Gasteiger partial charge on any atom is -0.507 e. The number of halogens is 1. The number of hydrogen-bond acceptors (Lipinski definition) is 5. The zero-order chi connectivity index (χ0) is 22.0. The molecule has 0 aliphatic carbocycles. The Hall–Kier alpha value is -3.45. The first-order chi connectivity index (χ1) is 15.0. The lowest BCUT2D eigenvalue weighted by atomic mass is 9.95. The number of carbonyl (C=O) groups is 2. The Bertz CT molecular complexity index is 1180. The number of likely N-dealkylation sites (tertiary alicyclic amines) is 1. The molecule has 2 heterocycles. The first kappa shape index (κ1) is 20.8. The molecule has 1 aliphatic rings. The fourth-order valence-corrected chi connectivity index (χ4v) is 4.10. The van der Waals surface area contributed by atoms with Crippen molar-refractivity contribution in [3.05, 3.63) is 99.8 Å². The number of rotatable bonds is 5. The second-order valence-electron chi connectivity index (χ2n) is 7.08. The van der Waals surface area contributed by atoms with Gasteiger partial charge >= 0.3 is 0 Å². The first-order valence-electron chi connectivity index (χ1n) is 9.57. The second-order valence-corrected chi connectivity index (χ2v) is 7.99. The second kappa shape index (κ2) is 8.73. The van der Waals surface area contributed by atoms with Crippen molar-refractivity contribution in [3.63, 3.8) is 0 Å². The van der Waals surface area contributed by atoms with Crippen LogP contribution in [0.2, 0.25) is 0 Å². The van der Waals surface area contributed by atoms with E-state index in [1.54, 1.807) is 42.7 Å². The van der Waals surface area contributed by atoms with Crippen LogP contribution in [-0.2, 0) is 16.1 Å². The van der Waals surface area contributed by atoms with E-state index in [0.717, 1.165) is 10.0 Å². The Kier molecular flexibility index (Phi) is 5.86. The molecular weight excluding hydrogens is 460 g/mol. The molecule has 156 valence electrons. The van der Waals surface area contributed by atoms with Crippen molar-refractivity contribution in [2.45, 2.75) is 12.6 Å². The summed E-state index contributed by atoms with van der Waals surface area (Å²) in [5.41, 5.74) is 1.94. The fourth-order valence-electron chi connectivity index (χ4n) is 3.68. The van der Waals surface area contributed by atoms with E-state index in [1.165, 1.54) is 12.0 Å². The molecule has 4 rings (SSSR count). The van der Waals surface area contributed by atoms with Crippen molar-refractivity contribution in [2.75, 3.05) is 7.11 Å². The Balaban J connectivity index is 1.87. The number of ether oxygens (including phenoxy) is 1. The average Bonchev–Trinajstić information content (AvgIpc) is 3.04. The standard InChI is InChI=1S/C24H19BrN2O4/c1-31-19-9-3-7-17(12-19)22(28)20-21(16-6-2-8-18(25)11-16)27(24(30)23(20)29)14-15-5-4-10-26-13-15/h2-13,21,28H,14H2,1H3/b22-20+/t21-/m0/s1. The predicted molar refractivity (Wildman–Crippen MR) is 119 cm³/mol. The summed E-state index contributed by atoms with van der Waals surface area (Å²) in [4.78, 5) is 31.7. The lowest BCUT2D eigenvalue weighted by Crippen LogP contribution is -2.29. The van der Waals surface area contributed by atoms with E-state index in [9.17, 15) is 14.7 Å². The summed E-state index contributed by atoms with van der Waals surface area (Å²) >= 11 is 3.45. The van der Waals surface area contributed by atoms with Gasteiger partial charge in [0.2, 0.25) is 0 Å². The minimum atomic E-state index is -0.746. The van der Waals surface area contributed by atoms with E-state index in [4.69, 9.17) is 4.74 Å². The Morgan fingerprint density at radius 2 is 1.94 bits per heavy atom. The predicted octanol–water partition coefficient (Wildman–Crippen LogP) is 4.47. The molecule has 1 aliphatic heterocycles. The molecule has 1 N–H and O–H groups in total. The number of nitrogens with zero attached hydrogens (tertiary/aromatic N) is 2. The molecule has 1 atom stereocenters. The van der Waals surface area contributed by atoms with Crippen LogP contribution in [0.15, 0.2) is 83.1 Å². The van der Waals surface area contributed by atoms with Crippen LogP contribution in [0, 0.1) is 0 Å². The molecular formula is C24H19BrN2O4. The van der Waals surface area contributed by atoms with Gasteiger partial charge in [-0.15, -0.1) is 0 Å². The molecule has 1 amide bonds. The molecule has 1 aromatic heterocycles. The van der Waals surface area contributed by atoms with Crippen LogP contribution in [0.5, 0.6) is 5.75 Å². The molecule has 7 heteroatoms. The van der Waals surface area contributed by atoms with E-state index in [0.29, 0.717) is 16.9 Å². The molecule has 3 aromatic rings. The van der Waals surface area contributed by atoms with Gasteiger partial charge in [-0.25, -0.2) is 0 Å². The number of benzene rings is 2. The monoisotopic (exact) mass is 478 g/mol. The molecule has 31 heavy (non-hydrogen) atoms. The van der Waals surface area contributed by atoms with Crippen molar-refractivity contribution in [2.24, 2.45) is 0 Å². The Morgan fingerprint density at radius 3 is 2.65 bits per heavy atom. The topological polar surface area (TPSA) is 79.7 Å². The van der Waals surface area contributed by atoms with Gasteiger partial charge < -0.3 is 14.7 Å². The van der Waals surface area contributed by atoms with Crippen LogP contribution in [-0.4, -0.2) is 33.8 Å². The number of aliphatic hydroxyl groups is 1. The van der Waals surface area contributed by atoms with E-state index in [-0.39, 0.29) is 17.9 Å². The highest BCUT2D eigenvalue weighted by Crippen LogP contribution is 2.41. The number of carbonyl (C=O) groups excluding carboxylic acids is 2. The van der Waals surface area contributed by atoms with Crippen molar-refractivity contribution in [1.29, 1.82) is 0 Å². The number of aromatic nitrogens is 1. The van der Waals surface area contributed by atoms with Gasteiger partial charge in [-0.05, 0) is 41.5 Å². The van der Waals surface area contributed by atoms with Gasteiger partial charge in [0.05, 0.1) is 18.7 Å². The first-order valence-corrected chi connectivity index (χ1v) is 10.4. The van der Waals surface area contributed by atoms with Gasteiger partial charge in [0.25, 0.3) is 11.7 Å². The fraction of sp³-hybridized carbons (Fsp3) is 0.125. The van der Waals surface area contributed by atoms with Crippen LogP contribution < -0.4 is 4.74 Å². The largest absolute Gasteiger partial charge is 0.507 e. The van der Waals surface area contributed by atoms with Crippen LogP contribution in [0.25, 0.3) is 5.76 Å². The number of Topliss-reactive ketones (excluding diaryl/α,β-unsaturated/α-hetero) is 1. The lowest BCUT2D eigenvalue weighted by Gasteiger charge is -2.25. The number of ketones is 1. The summed E-state index contributed by atoms with van der Waals surface area (Å²) in [6, 6.07) is 17.0. The number of hydrogen-bond donors (Lipinski definition) is 1. The summed E-state index contributed by atoms with van der Waals surface area (Å²) in [5, 5.41) is 11.1. The van der Waals surface area contributed by atoms with Gasteiger partial charge in [-0.2, -0.15) is 0 Å². The average molecular weight is 479 g/mol. The smallest absolute Gasteiger partial charge is 0.295 e. The van der Waals surface area contributed by atoms with Gasteiger partial charge in [-0.3, -0.25) is 14.6 Å². The molecule has 0 unspecified atom stereocenters. The quantitative estimate of drug-likeness (QED) is 0.332. The van der Waals surface area contributed by atoms with E-state index >= 15 is 0 Å². The number of methoxy groups -OCH3 is 1. The number of amides is 1.